The van der Waals surface area contributed by atoms with Gasteiger partial charge in [-0.3, -0.25) is 20.4 Å². The average molecular weight is 996 g/mol. The number of nitro groups is 1. The van der Waals surface area contributed by atoms with E-state index in [1.165, 1.54) is 37.4 Å². The van der Waals surface area contributed by atoms with Crippen LogP contribution in [0.4, 0.5) is 35.5 Å². The van der Waals surface area contributed by atoms with Crippen molar-refractivity contribution >= 4 is 79.7 Å². The first-order valence-electron chi connectivity index (χ1n) is 18.7. The zero-order chi connectivity index (χ0) is 49.5. The minimum Gasteiger partial charge on any atom is -0.487 e. The highest BCUT2D eigenvalue weighted by atomic mass is 35.5. The van der Waals surface area contributed by atoms with Crippen LogP contribution in [0.2, 0.25) is 10.0 Å². The van der Waals surface area contributed by atoms with Gasteiger partial charge in [-0.25, -0.2) is 27.5 Å². The number of ether oxygens (including phenoxy) is 4. The molecule has 5 N–H and O–H groups in total. The Balaban J connectivity index is 0.000000226. The standard InChI is InChI=1S/C15H11ClF3NO4.C14H16N6O6S.C11H8ClNO3/c1-2-23-14-8-10(4-5-12(14)20(21)22)24-13-6-3-9(7-11(13)16)15(17,18)19;1-3-26-14-18-11(15-2)16-12(19-14)17-13(23)20-27(24,25)9-7-5-4-6-8(9)10(21)22;12-8-3-4-9(16-6-10(14)15)11-7(8)2-1-5-13-11/h3-8H,2H2,1H3;4-7H,3H2,1-2H3,(H,21,22)(H3,15,16,17,18,19,20,23);1-5H,6H2,(H,14,15). The number of carboxylic acids is 2. The van der Waals surface area contributed by atoms with Gasteiger partial charge in [0.25, 0.3) is 10.0 Å². The number of aromatic nitrogens is 4. The van der Waals surface area contributed by atoms with Crippen molar-refractivity contribution in [1.29, 1.82) is 0 Å². The van der Waals surface area contributed by atoms with Crippen LogP contribution in [0.1, 0.15) is 29.8 Å². The fraction of sp³-hybridized carbons (Fsp3) is 0.175. The van der Waals surface area contributed by atoms with Gasteiger partial charge in [-0.2, -0.15) is 28.1 Å². The highest BCUT2D eigenvalue weighted by molar-refractivity contribution is 7.90. The smallest absolute Gasteiger partial charge is 0.416 e. The lowest BCUT2D eigenvalue weighted by Crippen LogP contribution is -2.35. The predicted molar refractivity (Wildman–Crippen MR) is 234 cm³/mol. The Morgan fingerprint density at radius 3 is 2.13 bits per heavy atom. The van der Waals surface area contributed by atoms with Crippen LogP contribution in [0.25, 0.3) is 10.9 Å². The molecule has 0 fully saturated rings. The molecule has 2 aromatic heterocycles. The number of carboxylic acid groups (broad SMARTS) is 2. The van der Waals surface area contributed by atoms with E-state index in [-0.39, 0.29) is 59.1 Å². The molecule has 0 bridgehead atoms. The Morgan fingerprint density at radius 2 is 1.51 bits per heavy atom. The fourth-order valence-electron chi connectivity index (χ4n) is 5.13. The molecule has 0 saturated carbocycles. The molecule has 2 heterocycles. The van der Waals surface area contributed by atoms with Crippen molar-refractivity contribution in [3.63, 3.8) is 0 Å². The SMILES string of the molecule is CCOc1cc(Oc2ccc(C(F)(F)F)cc2Cl)ccc1[N+](=O)[O-].CCOc1nc(NC)nc(NC(=O)NS(=O)(=O)c2ccccc2C(=O)O)n1.O=C(O)COc1ccc(Cl)c2cccnc12. The number of nitrogens with one attached hydrogen (secondary N) is 3. The van der Waals surface area contributed by atoms with E-state index >= 15 is 0 Å². The third-order valence-electron chi connectivity index (χ3n) is 7.92. The van der Waals surface area contributed by atoms with Crippen LogP contribution in [0.3, 0.4) is 0 Å². The Kier molecular flexibility index (Phi) is 18.1. The van der Waals surface area contributed by atoms with Gasteiger partial charge in [0.15, 0.2) is 6.61 Å². The molecule has 21 nitrogen and oxygen atoms in total. The highest BCUT2D eigenvalue weighted by Crippen LogP contribution is 2.38. The van der Waals surface area contributed by atoms with Gasteiger partial charge < -0.3 is 34.5 Å². The summed E-state index contributed by atoms with van der Waals surface area (Å²) in [5.41, 5.74) is -1.06. The number of alkyl halides is 3. The first-order valence-corrected chi connectivity index (χ1v) is 21.0. The van der Waals surface area contributed by atoms with Crippen molar-refractivity contribution in [3.8, 4) is 29.0 Å². The number of fused-ring (bicyclic) bond motifs is 1. The summed E-state index contributed by atoms with van der Waals surface area (Å²) in [6, 6.07) is 16.8. The van der Waals surface area contributed by atoms with Gasteiger partial charge in [0.1, 0.15) is 27.7 Å². The van der Waals surface area contributed by atoms with Gasteiger partial charge in [-0.1, -0.05) is 35.3 Å². The van der Waals surface area contributed by atoms with Crippen LogP contribution < -0.4 is 34.3 Å². The molecule has 354 valence electrons. The first-order chi connectivity index (χ1) is 31.7. The van der Waals surface area contributed by atoms with Gasteiger partial charge >= 0.3 is 35.8 Å². The fourth-order valence-corrected chi connectivity index (χ4v) is 6.68. The van der Waals surface area contributed by atoms with E-state index in [4.69, 9.17) is 52.4 Å². The van der Waals surface area contributed by atoms with E-state index in [1.54, 1.807) is 49.0 Å². The third-order valence-corrected chi connectivity index (χ3v) is 9.93. The second kappa shape index (κ2) is 23.4. The lowest BCUT2D eigenvalue weighted by atomic mass is 10.2. The maximum absolute atomic E-state index is 12.6. The maximum atomic E-state index is 12.6. The predicted octanol–water partition coefficient (Wildman–Crippen LogP) is 8.33. The molecule has 0 unspecified atom stereocenters. The van der Waals surface area contributed by atoms with Crippen molar-refractivity contribution in [2.75, 3.05) is 37.5 Å². The summed E-state index contributed by atoms with van der Waals surface area (Å²) in [6.45, 7) is 3.43. The average Bonchev–Trinajstić information content (AvgIpc) is 3.27. The number of halogens is 5. The number of aliphatic carboxylic acids is 1. The molecule has 0 radical (unpaired) electrons. The first kappa shape index (κ1) is 51.9. The molecule has 0 saturated heterocycles. The van der Waals surface area contributed by atoms with Crippen LogP contribution in [-0.2, 0) is 21.0 Å². The minimum absolute atomic E-state index is 0.0111. The number of hydrogen-bond donors (Lipinski definition) is 5. The number of nitro benzene ring substituents is 1. The molecule has 0 aliphatic heterocycles. The topological polar surface area (TPSA) is 294 Å². The summed E-state index contributed by atoms with van der Waals surface area (Å²) in [7, 11) is -2.92. The molecule has 67 heavy (non-hydrogen) atoms. The summed E-state index contributed by atoms with van der Waals surface area (Å²) in [4.78, 5) is 59.0. The van der Waals surface area contributed by atoms with Gasteiger partial charge in [-0.15, -0.1) is 0 Å². The zero-order valence-corrected chi connectivity index (χ0v) is 37.0. The van der Waals surface area contributed by atoms with E-state index in [9.17, 15) is 46.1 Å². The molecule has 0 aliphatic carbocycles. The summed E-state index contributed by atoms with van der Waals surface area (Å²) in [5, 5.41) is 34.4. The molecule has 27 heteroatoms. The number of pyridine rings is 1. The lowest BCUT2D eigenvalue weighted by molar-refractivity contribution is -0.385. The summed E-state index contributed by atoms with van der Waals surface area (Å²) >= 11 is 11.8. The second-order valence-electron chi connectivity index (χ2n) is 12.5. The van der Waals surface area contributed by atoms with Crippen LogP contribution in [0, 0.1) is 10.1 Å². The summed E-state index contributed by atoms with van der Waals surface area (Å²) in [5.74, 6) is -2.12. The number of carbonyl (C=O) groups excluding carboxylic acids is 1. The van der Waals surface area contributed by atoms with Gasteiger partial charge in [-0.05, 0) is 74.5 Å². The van der Waals surface area contributed by atoms with E-state index in [2.05, 4.69) is 30.6 Å². The molecule has 6 rings (SSSR count). The molecule has 2 amide bonds. The van der Waals surface area contributed by atoms with Gasteiger partial charge in [0, 0.05) is 30.8 Å². The Bertz CT molecular complexity index is 2880. The van der Waals surface area contributed by atoms with Crippen molar-refractivity contribution in [2.24, 2.45) is 0 Å². The van der Waals surface area contributed by atoms with Crippen LogP contribution in [0.5, 0.6) is 29.0 Å². The Labute approximate surface area is 387 Å². The molecule has 0 atom stereocenters. The van der Waals surface area contributed by atoms with E-state index < -0.39 is 61.7 Å². The lowest BCUT2D eigenvalue weighted by Gasteiger charge is -2.12. The maximum Gasteiger partial charge on any atom is 0.416 e. The number of amides is 2. The quantitative estimate of drug-likeness (QED) is 0.0477. The number of benzene rings is 4. The zero-order valence-electron chi connectivity index (χ0n) is 34.7. The number of anilines is 2. The number of urea groups is 1. The molecular formula is C40H35Cl2F3N8O13S. The third kappa shape index (κ3) is 14.9. The Morgan fingerprint density at radius 1 is 0.821 bits per heavy atom. The van der Waals surface area contributed by atoms with E-state index in [0.717, 1.165) is 35.7 Å². The van der Waals surface area contributed by atoms with Crippen molar-refractivity contribution < 1.29 is 70.1 Å². The summed E-state index contributed by atoms with van der Waals surface area (Å²) in [6.07, 6.45) is -2.91. The molecular weight excluding hydrogens is 960 g/mol. The number of hydrogen-bond acceptors (Lipinski definition) is 16. The molecule has 0 aliphatic rings. The monoisotopic (exact) mass is 994 g/mol. The number of carbonyl (C=O) groups is 3. The van der Waals surface area contributed by atoms with Crippen molar-refractivity contribution in [3.05, 3.63) is 122 Å². The number of aromatic carboxylic acids is 1. The van der Waals surface area contributed by atoms with Gasteiger partial charge in [0.05, 0.1) is 39.3 Å². The number of rotatable bonds is 15. The van der Waals surface area contributed by atoms with Crippen LogP contribution >= 0.6 is 23.2 Å². The largest absolute Gasteiger partial charge is 0.487 e. The van der Waals surface area contributed by atoms with Crippen molar-refractivity contribution in [1.82, 2.24) is 24.7 Å². The Hall–Kier alpha value is -7.77. The minimum atomic E-state index is -4.52. The summed E-state index contributed by atoms with van der Waals surface area (Å²) < 4.78 is 85.0. The highest BCUT2D eigenvalue weighted by Gasteiger charge is 2.31. The van der Waals surface area contributed by atoms with Crippen LogP contribution in [0.15, 0.2) is 96.0 Å². The molecule has 6 aromatic rings. The molecule has 0 spiro atoms. The number of sulfonamides is 1. The van der Waals surface area contributed by atoms with Crippen molar-refractivity contribution in [2.45, 2.75) is 24.9 Å². The number of nitrogens with zero attached hydrogens (tertiary/aromatic N) is 5. The van der Waals surface area contributed by atoms with E-state index in [0.29, 0.717) is 16.3 Å². The normalized spacial score (nSPS) is 10.8. The molecule has 4 aromatic carbocycles. The second-order valence-corrected chi connectivity index (χ2v) is 15.0. The van der Waals surface area contributed by atoms with E-state index in [1.807, 2.05) is 0 Å². The van der Waals surface area contributed by atoms with Crippen LogP contribution in [-0.4, -0.2) is 88.3 Å². The van der Waals surface area contributed by atoms with Gasteiger partial charge in [0.2, 0.25) is 17.6 Å².